The van der Waals surface area contributed by atoms with E-state index in [0.717, 1.165) is 12.1 Å². The van der Waals surface area contributed by atoms with E-state index in [4.69, 9.17) is 0 Å². The van der Waals surface area contributed by atoms with Crippen molar-refractivity contribution in [2.24, 2.45) is 0 Å². The zero-order chi connectivity index (χ0) is 20.1. The van der Waals surface area contributed by atoms with Crippen molar-refractivity contribution in [3.05, 3.63) is 60.2 Å². The highest BCUT2D eigenvalue weighted by Crippen LogP contribution is 2.40. The van der Waals surface area contributed by atoms with Gasteiger partial charge in [-0.2, -0.15) is 13.2 Å². The molecule has 0 aliphatic carbocycles. The maximum Gasteiger partial charge on any atom is 0.426 e. The fourth-order valence-corrected chi connectivity index (χ4v) is 2.40. The molecule has 144 valence electrons. The number of amides is 2. The standard InChI is InChI=1S/C18H17F3N2O4/c1-2-27-15(25)17(18(19,20)21,12-6-4-3-5-7-12)23-16(26)22-13-8-10-14(24)11-9-13/h3-11,24H,2H2,1H3,(H2,22,23,26)/t17-/m0/s1. The Balaban J connectivity index is 2.43. The minimum Gasteiger partial charge on any atom is -0.508 e. The summed E-state index contributed by atoms with van der Waals surface area (Å²) in [5, 5.41) is 13.1. The molecule has 2 rings (SSSR count). The van der Waals surface area contributed by atoms with Crippen LogP contribution in [0.15, 0.2) is 54.6 Å². The topological polar surface area (TPSA) is 87.7 Å². The van der Waals surface area contributed by atoms with Crippen LogP contribution < -0.4 is 10.6 Å². The van der Waals surface area contributed by atoms with E-state index in [0.29, 0.717) is 0 Å². The number of alkyl halides is 3. The number of hydrogen-bond donors (Lipinski definition) is 3. The van der Waals surface area contributed by atoms with Crippen molar-refractivity contribution in [1.29, 1.82) is 0 Å². The van der Waals surface area contributed by atoms with Gasteiger partial charge >= 0.3 is 18.2 Å². The van der Waals surface area contributed by atoms with Crippen LogP contribution in [0.1, 0.15) is 12.5 Å². The van der Waals surface area contributed by atoms with E-state index in [2.05, 4.69) is 10.1 Å². The number of phenols is 1. The van der Waals surface area contributed by atoms with E-state index >= 15 is 0 Å². The molecule has 2 aromatic carbocycles. The van der Waals surface area contributed by atoms with Gasteiger partial charge in [-0.1, -0.05) is 30.3 Å². The Morgan fingerprint density at radius 2 is 1.63 bits per heavy atom. The Bertz CT molecular complexity index is 795. The highest BCUT2D eigenvalue weighted by atomic mass is 19.4. The molecule has 0 spiro atoms. The van der Waals surface area contributed by atoms with Crippen molar-refractivity contribution >= 4 is 17.7 Å². The summed E-state index contributed by atoms with van der Waals surface area (Å²) in [7, 11) is 0. The minimum atomic E-state index is -5.17. The number of ether oxygens (including phenoxy) is 1. The fraction of sp³-hybridized carbons (Fsp3) is 0.222. The van der Waals surface area contributed by atoms with E-state index in [1.165, 1.54) is 49.4 Å². The van der Waals surface area contributed by atoms with Crippen LogP contribution in [-0.2, 0) is 15.1 Å². The summed E-state index contributed by atoms with van der Waals surface area (Å²) in [6.07, 6.45) is -5.17. The van der Waals surface area contributed by atoms with Crippen LogP contribution in [0.25, 0.3) is 0 Å². The quantitative estimate of drug-likeness (QED) is 0.545. The first-order valence-corrected chi connectivity index (χ1v) is 7.88. The number of rotatable bonds is 5. The maximum absolute atomic E-state index is 14.0. The number of benzene rings is 2. The van der Waals surface area contributed by atoms with Crippen molar-refractivity contribution in [2.75, 3.05) is 11.9 Å². The van der Waals surface area contributed by atoms with Crippen LogP contribution in [0.4, 0.5) is 23.7 Å². The number of esters is 1. The lowest BCUT2D eigenvalue weighted by atomic mass is 9.89. The molecule has 0 heterocycles. The molecule has 0 radical (unpaired) electrons. The molecule has 1 atom stereocenters. The van der Waals surface area contributed by atoms with Crippen molar-refractivity contribution in [3.8, 4) is 5.75 Å². The molecular weight excluding hydrogens is 365 g/mol. The number of nitrogens with one attached hydrogen (secondary N) is 2. The average Bonchev–Trinajstić information content (AvgIpc) is 2.61. The van der Waals surface area contributed by atoms with Gasteiger partial charge in [-0.25, -0.2) is 9.59 Å². The number of hydrogen-bond acceptors (Lipinski definition) is 4. The molecule has 9 heteroatoms. The molecule has 0 fully saturated rings. The second-order valence-electron chi connectivity index (χ2n) is 5.46. The highest BCUT2D eigenvalue weighted by molar-refractivity contribution is 5.95. The van der Waals surface area contributed by atoms with Gasteiger partial charge in [-0.15, -0.1) is 0 Å². The highest BCUT2D eigenvalue weighted by Gasteiger charge is 2.64. The second kappa shape index (κ2) is 7.98. The lowest BCUT2D eigenvalue weighted by molar-refractivity contribution is -0.213. The molecule has 0 bridgehead atoms. The summed E-state index contributed by atoms with van der Waals surface area (Å²) in [6, 6.07) is 10.1. The predicted octanol–water partition coefficient (Wildman–Crippen LogP) is 3.53. The Hall–Kier alpha value is -3.23. The molecular formula is C18H17F3N2O4. The lowest BCUT2D eigenvalue weighted by Gasteiger charge is -2.34. The number of anilines is 1. The Labute approximate surface area is 153 Å². The van der Waals surface area contributed by atoms with E-state index < -0.39 is 29.3 Å². The summed E-state index contributed by atoms with van der Waals surface area (Å²) in [5.41, 5.74) is -3.75. The van der Waals surface area contributed by atoms with Gasteiger partial charge in [0.15, 0.2) is 0 Å². The SMILES string of the molecule is CCOC(=O)[C@@](NC(=O)Nc1ccc(O)cc1)(c1ccccc1)C(F)(F)F. The van der Waals surface area contributed by atoms with E-state index in [1.54, 1.807) is 5.32 Å². The molecule has 2 amide bonds. The molecule has 2 aromatic rings. The third kappa shape index (κ3) is 4.30. The number of carbonyl (C=O) groups excluding carboxylic acids is 2. The summed E-state index contributed by atoms with van der Waals surface area (Å²) < 4.78 is 46.7. The van der Waals surface area contributed by atoms with Gasteiger partial charge in [0.2, 0.25) is 0 Å². The number of phenolic OH excluding ortho intramolecular Hbond substituents is 1. The van der Waals surface area contributed by atoms with Gasteiger partial charge in [-0.05, 0) is 36.8 Å². The lowest BCUT2D eigenvalue weighted by Crippen LogP contribution is -2.62. The Kier molecular flexibility index (Phi) is 5.94. The normalized spacial score (nSPS) is 13.3. The smallest absolute Gasteiger partial charge is 0.426 e. The number of aromatic hydroxyl groups is 1. The number of halogens is 3. The van der Waals surface area contributed by atoms with Crippen LogP contribution in [0, 0.1) is 0 Å². The van der Waals surface area contributed by atoms with E-state index in [9.17, 15) is 27.9 Å². The average molecular weight is 382 g/mol. The van der Waals surface area contributed by atoms with Crippen molar-refractivity contribution in [3.63, 3.8) is 0 Å². The maximum atomic E-state index is 14.0. The Morgan fingerprint density at radius 3 is 2.15 bits per heavy atom. The molecule has 6 nitrogen and oxygen atoms in total. The van der Waals surface area contributed by atoms with Gasteiger partial charge < -0.3 is 20.5 Å². The molecule has 0 unspecified atom stereocenters. The summed E-state index contributed by atoms with van der Waals surface area (Å²) in [4.78, 5) is 24.6. The molecule has 0 aliphatic heterocycles. The van der Waals surface area contributed by atoms with Crippen LogP contribution in [-0.4, -0.2) is 29.9 Å². The van der Waals surface area contributed by atoms with Gasteiger partial charge in [0, 0.05) is 5.69 Å². The van der Waals surface area contributed by atoms with Gasteiger partial charge in [0.25, 0.3) is 5.54 Å². The Morgan fingerprint density at radius 1 is 1.04 bits per heavy atom. The molecule has 0 aromatic heterocycles. The van der Waals surface area contributed by atoms with Crippen molar-refractivity contribution in [2.45, 2.75) is 18.6 Å². The van der Waals surface area contributed by atoms with Gasteiger partial charge in [0.05, 0.1) is 6.61 Å². The first kappa shape index (κ1) is 20.1. The number of carbonyl (C=O) groups is 2. The molecule has 27 heavy (non-hydrogen) atoms. The molecule has 0 saturated heterocycles. The molecule has 0 saturated carbocycles. The van der Waals surface area contributed by atoms with Crippen molar-refractivity contribution < 1.29 is 32.6 Å². The minimum absolute atomic E-state index is 0.0820. The largest absolute Gasteiger partial charge is 0.508 e. The second-order valence-corrected chi connectivity index (χ2v) is 5.46. The molecule has 0 aliphatic rings. The summed E-state index contributed by atoms with van der Waals surface area (Å²) in [6.45, 7) is 1.06. The predicted molar refractivity (Wildman–Crippen MR) is 91.1 cm³/mol. The van der Waals surface area contributed by atoms with Crippen LogP contribution >= 0.6 is 0 Å². The summed E-state index contributed by atoms with van der Waals surface area (Å²) >= 11 is 0. The van der Waals surface area contributed by atoms with Crippen LogP contribution in [0.5, 0.6) is 5.75 Å². The summed E-state index contributed by atoms with van der Waals surface area (Å²) in [5.74, 6) is -1.73. The number of urea groups is 1. The zero-order valence-electron chi connectivity index (χ0n) is 14.2. The third-order valence-electron chi connectivity index (χ3n) is 3.64. The van der Waals surface area contributed by atoms with Crippen LogP contribution in [0.3, 0.4) is 0 Å². The molecule has 3 N–H and O–H groups in total. The van der Waals surface area contributed by atoms with E-state index in [1.807, 2.05) is 0 Å². The first-order chi connectivity index (χ1) is 12.7. The first-order valence-electron chi connectivity index (χ1n) is 7.88. The van der Waals surface area contributed by atoms with Gasteiger partial charge in [-0.3, -0.25) is 0 Å². The monoisotopic (exact) mass is 382 g/mol. The van der Waals surface area contributed by atoms with Gasteiger partial charge in [0.1, 0.15) is 5.75 Å². The van der Waals surface area contributed by atoms with E-state index in [-0.39, 0.29) is 18.0 Å². The third-order valence-corrected chi connectivity index (χ3v) is 3.64. The fourth-order valence-electron chi connectivity index (χ4n) is 2.40. The zero-order valence-corrected chi connectivity index (χ0v) is 14.2. The van der Waals surface area contributed by atoms with Crippen LogP contribution in [0.2, 0.25) is 0 Å². The van der Waals surface area contributed by atoms with Crippen molar-refractivity contribution in [1.82, 2.24) is 5.32 Å².